The van der Waals surface area contributed by atoms with Crippen LogP contribution in [0.4, 0.5) is 0 Å². The third kappa shape index (κ3) is 5.63. The van der Waals surface area contributed by atoms with E-state index >= 15 is 0 Å². The quantitative estimate of drug-likeness (QED) is 0.314. The van der Waals surface area contributed by atoms with Gasteiger partial charge in [0.05, 0.1) is 24.3 Å². The molecule has 0 unspecified atom stereocenters. The average molecular weight is 504 g/mol. The molecule has 5 rings (SSSR count). The number of hydrogen-bond donors (Lipinski definition) is 0. The van der Waals surface area contributed by atoms with Gasteiger partial charge >= 0.3 is 0 Å². The van der Waals surface area contributed by atoms with E-state index in [0.717, 1.165) is 44.2 Å². The highest BCUT2D eigenvalue weighted by atomic mass is 32.2. The number of thioether (sulfide) groups is 1. The lowest BCUT2D eigenvalue weighted by atomic mass is 10.2. The molecular weight excluding hydrogens is 474 g/mol. The molecule has 1 aliphatic heterocycles. The number of benzene rings is 2. The Bertz CT molecular complexity index is 1250. The minimum atomic E-state index is 0.111. The first-order valence-corrected chi connectivity index (χ1v) is 13.1. The molecule has 0 N–H and O–H groups in total. The number of carbonyl (C=O) groups excluding carboxylic acids is 1. The summed E-state index contributed by atoms with van der Waals surface area (Å²) in [5, 5.41) is 9.40. The van der Waals surface area contributed by atoms with Gasteiger partial charge in [0.15, 0.2) is 10.9 Å². The fraction of sp³-hybridized carbons (Fsp3) is 0.296. The lowest BCUT2D eigenvalue weighted by molar-refractivity contribution is -0.130. The number of carbonyl (C=O) groups is 1. The van der Waals surface area contributed by atoms with Crippen LogP contribution >= 0.6 is 11.8 Å². The molecule has 1 saturated heterocycles. The van der Waals surface area contributed by atoms with Gasteiger partial charge in [-0.1, -0.05) is 42.1 Å². The van der Waals surface area contributed by atoms with Gasteiger partial charge in [-0.3, -0.25) is 14.3 Å². The van der Waals surface area contributed by atoms with E-state index in [2.05, 4.69) is 39.4 Å². The van der Waals surface area contributed by atoms with Crippen molar-refractivity contribution in [1.29, 1.82) is 0 Å². The van der Waals surface area contributed by atoms with Gasteiger partial charge in [0.2, 0.25) is 11.7 Å². The summed E-state index contributed by atoms with van der Waals surface area (Å²) in [4.78, 5) is 17.4. The molecular formula is C27H29N5O3S. The topological polar surface area (TPSA) is 76.6 Å². The highest BCUT2D eigenvalue weighted by Crippen LogP contribution is 2.29. The fourth-order valence-electron chi connectivity index (χ4n) is 4.23. The second kappa shape index (κ2) is 11.5. The highest BCUT2D eigenvalue weighted by Gasteiger charge is 2.23. The van der Waals surface area contributed by atoms with Crippen molar-refractivity contribution in [2.45, 2.75) is 18.6 Å². The summed E-state index contributed by atoms with van der Waals surface area (Å²) >= 11 is 1.39. The predicted octanol–water partition coefficient (Wildman–Crippen LogP) is 4.36. The van der Waals surface area contributed by atoms with Crippen LogP contribution in [0.25, 0.3) is 17.3 Å². The molecule has 1 fully saturated rings. The van der Waals surface area contributed by atoms with Crippen molar-refractivity contribution >= 4 is 17.7 Å². The van der Waals surface area contributed by atoms with Gasteiger partial charge in [-0.05, 0) is 48.9 Å². The molecule has 0 spiro atoms. The number of amides is 1. The van der Waals surface area contributed by atoms with Gasteiger partial charge in [-0.25, -0.2) is 0 Å². The van der Waals surface area contributed by atoms with Crippen LogP contribution in [0.3, 0.4) is 0 Å². The van der Waals surface area contributed by atoms with Gasteiger partial charge in [-0.2, -0.15) is 0 Å². The van der Waals surface area contributed by atoms with E-state index in [1.165, 1.54) is 17.3 Å². The lowest BCUT2D eigenvalue weighted by Gasteiger charge is -2.34. The first kappa shape index (κ1) is 24.1. The Hall–Kier alpha value is -3.56. The first-order chi connectivity index (χ1) is 17.7. The van der Waals surface area contributed by atoms with E-state index in [-0.39, 0.29) is 5.91 Å². The van der Waals surface area contributed by atoms with Crippen molar-refractivity contribution in [3.05, 3.63) is 78.6 Å². The summed E-state index contributed by atoms with van der Waals surface area (Å²) < 4.78 is 13.1. The zero-order valence-corrected chi connectivity index (χ0v) is 21.1. The number of nitrogens with zero attached hydrogens (tertiary/aromatic N) is 5. The average Bonchev–Trinajstić information content (AvgIpc) is 3.59. The van der Waals surface area contributed by atoms with Gasteiger partial charge in [-0.15, -0.1) is 10.2 Å². The van der Waals surface area contributed by atoms with Crippen molar-refractivity contribution in [3.8, 4) is 23.0 Å². The number of aromatic nitrogens is 3. The third-order valence-corrected chi connectivity index (χ3v) is 6.99. The van der Waals surface area contributed by atoms with E-state index in [1.54, 1.807) is 6.26 Å². The normalized spacial score (nSPS) is 14.2. The fourth-order valence-corrected chi connectivity index (χ4v) is 5.09. The molecule has 4 aromatic rings. The Morgan fingerprint density at radius 1 is 0.972 bits per heavy atom. The van der Waals surface area contributed by atoms with Crippen LogP contribution < -0.4 is 4.74 Å². The van der Waals surface area contributed by atoms with Gasteiger partial charge in [0, 0.05) is 32.7 Å². The van der Waals surface area contributed by atoms with Crippen molar-refractivity contribution in [2.24, 2.45) is 0 Å². The molecule has 9 heteroatoms. The zero-order valence-electron chi connectivity index (χ0n) is 20.2. The summed E-state index contributed by atoms with van der Waals surface area (Å²) in [6.45, 7) is 6.68. The Kier molecular flexibility index (Phi) is 7.68. The zero-order chi connectivity index (χ0) is 24.7. The van der Waals surface area contributed by atoms with Crippen molar-refractivity contribution in [2.75, 3.05) is 38.5 Å². The third-order valence-electron chi connectivity index (χ3n) is 6.08. The SMILES string of the molecule is CCOc1ccc(-n2c(SCC(=O)N3CCN(Cc4ccccc4)CC3)nnc2-c2ccco2)cc1. The van der Waals surface area contributed by atoms with E-state index in [4.69, 9.17) is 9.15 Å². The van der Waals surface area contributed by atoms with Crippen LogP contribution in [0.15, 0.2) is 82.6 Å². The second-order valence-electron chi connectivity index (χ2n) is 8.48. The molecule has 36 heavy (non-hydrogen) atoms. The summed E-state index contributed by atoms with van der Waals surface area (Å²) in [6, 6.07) is 21.9. The minimum Gasteiger partial charge on any atom is -0.494 e. The van der Waals surface area contributed by atoms with E-state index in [0.29, 0.717) is 29.1 Å². The van der Waals surface area contributed by atoms with Crippen molar-refractivity contribution < 1.29 is 13.9 Å². The summed E-state index contributed by atoms with van der Waals surface area (Å²) in [6.07, 6.45) is 1.61. The largest absolute Gasteiger partial charge is 0.494 e. The van der Waals surface area contributed by atoms with E-state index in [9.17, 15) is 4.79 Å². The molecule has 2 aromatic carbocycles. The summed E-state index contributed by atoms with van der Waals surface area (Å²) in [5.74, 6) is 2.41. The molecule has 0 aliphatic carbocycles. The maximum absolute atomic E-state index is 13.0. The van der Waals surface area contributed by atoms with Gasteiger partial charge in [0.1, 0.15) is 5.75 Å². The van der Waals surface area contributed by atoms with Crippen LogP contribution in [-0.2, 0) is 11.3 Å². The molecule has 0 bridgehead atoms. The van der Waals surface area contributed by atoms with E-state index in [1.807, 2.05) is 58.9 Å². The van der Waals surface area contributed by atoms with Crippen LogP contribution in [0.1, 0.15) is 12.5 Å². The Morgan fingerprint density at radius 3 is 2.44 bits per heavy atom. The van der Waals surface area contributed by atoms with E-state index < -0.39 is 0 Å². The predicted molar refractivity (Wildman–Crippen MR) is 139 cm³/mol. The number of furan rings is 1. The minimum absolute atomic E-state index is 0.111. The Morgan fingerprint density at radius 2 is 1.75 bits per heavy atom. The summed E-state index contributed by atoms with van der Waals surface area (Å²) in [7, 11) is 0. The molecule has 2 aromatic heterocycles. The number of rotatable bonds is 9. The molecule has 0 saturated carbocycles. The van der Waals surface area contributed by atoms with Crippen molar-refractivity contribution in [1.82, 2.24) is 24.6 Å². The maximum Gasteiger partial charge on any atom is 0.233 e. The monoisotopic (exact) mass is 503 g/mol. The second-order valence-corrected chi connectivity index (χ2v) is 9.42. The molecule has 1 amide bonds. The molecule has 0 atom stereocenters. The Labute approximate surface area is 214 Å². The summed E-state index contributed by atoms with van der Waals surface area (Å²) in [5.41, 5.74) is 2.17. The van der Waals surface area contributed by atoms with Crippen LogP contribution in [0, 0.1) is 0 Å². The molecule has 3 heterocycles. The van der Waals surface area contributed by atoms with Crippen LogP contribution in [-0.4, -0.2) is 69.0 Å². The smallest absolute Gasteiger partial charge is 0.233 e. The molecule has 1 aliphatic rings. The molecule has 0 radical (unpaired) electrons. The van der Waals surface area contributed by atoms with Crippen LogP contribution in [0.2, 0.25) is 0 Å². The molecule has 186 valence electrons. The Balaban J connectivity index is 1.24. The van der Waals surface area contributed by atoms with Crippen LogP contribution in [0.5, 0.6) is 5.75 Å². The highest BCUT2D eigenvalue weighted by molar-refractivity contribution is 7.99. The lowest BCUT2D eigenvalue weighted by Crippen LogP contribution is -2.48. The number of ether oxygens (including phenoxy) is 1. The van der Waals surface area contributed by atoms with Gasteiger partial charge in [0.25, 0.3) is 0 Å². The standard InChI is InChI=1S/C27H29N5O3S/c1-2-34-23-12-10-22(11-13-23)32-26(24-9-6-18-35-24)28-29-27(32)36-20-25(33)31-16-14-30(15-17-31)19-21-7-4-3-5-8-21/h3-13,18H,2,14-17,19-20H2,1H3. The number of hydrogen-bond acceptors (Lipinski definition) is 7. The molecule has 8 nitrogen and oxygen atoms in total. The maximum atomic E-state index is 13.0. The van der Waals surface area contributed by atoms with Gasteiger partial charge < -0.3 is 14.1 Å². The number of piperazine rings is 1. The van der Waals surface area contributed by atoms with Crippen molar-refractivity contribution in [3.63, 3.8) is 0 Å². The first-order valence-electron chi connectivity index (χ1n) is 12.1.